The van der Waals surface area contributed by atoms with E-state index in [-0.39, 0.29) is 11.7 Å². The van der Waals surface area contributed by atoms with Crippen molar-refractivity contribution in [3.63, 3.8) is 0 Å². The summed E-state index contributed by atoms with van der Waals surface area (Å²) in [6, 6.07) is 12.7. The van der Waals surface area contributed by atoms with E-state index in [2.05, 4.69) is 6.92 Å². The van der Waals surface area contributed by atoms with Gasteiger partial charge < -0.3 is 19.5 Å². The zero-order valence-electron chi connectivity index (χ0n) is 17.6. The molecular weight excluding hydrogens is 366 g/mol. The number of methoxy groups -OCH3 is 1. The Balaban J connectivity index is 1.92. The Morgan fingerprint density at radius 2 is 1.86 bits per heavy atom. The fourth-order valence-corrected chi connectivity index (χ4v) is 2.81. The summed E-state index contributed by atoms with van der Waals surface area (Å²) in [7, 11) is 3.40. The van der Waals surface area contributed by atoms with Crippen molar-refractivity contribution < 1.29 is 19.4 Å². The summed E-state index contributed by atoms with van der Waals surface area (Å²) in [5, 5.41) is 9.33. The first-order valence-electron chi connectivity index (χ1n) is 10.1. The molecule has 0 unspecified atom stereocenters. The van der Waals surface area contributed by atoms with Crippen molar-refractivity contribution in [3.05, 3.63) is 59.7 Å². The lowest BCUT2D eigenvalue weighted by Crippen LogP contribution is -2.27. The van der Waals surface area contributed by atoms with Gasteiger partial charge in [-0.2, -0.15) is 0 Å². The van der Waals surface area contributed by atoms with E-state index in [0.29, 0.717) is 24.7 Å². The Kier molecular flexibility index (Phi) is 9.09. The molecule has 0 fully saturated rings. The second kappa shape index (κ2) is 11.8. The zero-order valence-corrected chi connectivity index (χ0v) is 17.6. The van der Waals surface area contributed by atoms with Crippen LogP contribution >= 0.6 is 0 Å². The van der Waals surface area contributed by atoms with Gasteiger partial charge in [0.1, 0.15) is 5.75 Å². The predicted octanol–water partition coefficient (Wildman–Crippen LogP) is 4.68. The number of hydrogen-bond donors (Lipinski definition) is 1. The van der Waals surface area contributed by atoms with Crippen molar-refractivity contribution in [2.45, 2.75) is 32.6 Å². The Hall–Kier alpha value is -2.95. The van der Waals surface area contributed by atoms with Crippen LogP contribution in [0.2, 0.25) is 0 Å². The van der Waals surface area contributed by atoms with Gasteiger partial charge in [0.05, 0.1) is 13.7 Å². The highest BCUT2D eigenvalue weighted by Crippen LogP contribution is 2.28. The third kappa shape index (κ3) is 7.53. The Labute approximate surface area is 173 Å². The number of amides is 1. The number of phenolic OH excluding ortho intramolecular Hbond substituents is 1. The van der Waals surface area contributed by atoms with Gasteiger partial charge in [0.2, 0.25) is 5.91 Å². The molecule has 0 aromatic heterocycles. The molecule has 0 atom stereocenters. The van der Waals surface area contributed by atoms with Crippen molar-refractivity contribution >= 4 is 12.0 Å². The van der Waals surface area contributed by atoms with E-state index >= 15 is 0 Å². The molecule has 0 radical (unpaired) electrons. The number of ether oxygens (including phenoxy) is 2. The highest BCUT2D eigenvalue weighted by atomic mass is 16.5. The predicted molar refractivity (Wildman–Crippen MR) is 116 cm³/mol. The van der Waals surface area contributed by atoms with Crippen molar-refractivity contribution in [3.8, 4) is 17.2 Å². The molecular formula is C24H31NO4. The minimum Gasteiger partial charge on any atom is -0.508 e. The number of carbonyl (C=O) groups is 1. The number of likely N-dealkylation sites (N-methyl/N-ethyl adjacent to an activating group) is 1. The number of phenols is 1. The molecule has 0 saturated heterocycles. The van der Waals surface area contributed by atoms with E-state index in [1.807, 2.05) is 30.3 Å². The molecule has 0 heterocycles. The lowest BCUT2D eigenvalue weighted by atomic mass is 10.1. The van der Waals surface area contributed by atoms with E-state index in [1.165, 1.54) is 0 Å². The summed E-state index contributed by atoms with van der Waals surface area (Å²) in [6.45, 7) is 3.41. The van der Waals surface area contributed by atoms with Gasteiger partial charge in [-0.3, -0.25) is 4.79 Å². The number of aromatic hydroxyl groups is 1. The Morgan fingerprint density at radius 1 is 1.10 bits per heavy atom. The van der Waals surface area contributed by atoms with Crippen LogP contribution in [0.5, 0.6) is 17.2 Å². The zero-order chi connectivity index (χ0) is 21.1. The van der Waals surface area contributed by atoms with Crippen LogP contribution in [0.25, 0.3) is 6.08 Å². The maximum atomic E-state index is 12.4. The minimum atomic E-state index is -0.0648. The van der Waals surface area contributed by atoms with Crippen LogP contribution < -0.4 is 9.47 Å². The first kappa shape index (κ1) is 22.3. The lowest BCUT2D eigenvalue weighted by Gasteiger charge is -2.15. The molecule has 5 heteroatoms. The first-order chi connectivity index (χ1) is 14.0. The Morgan fingerprint density at radius 3 is 2.55 bits per heavy atom. The number of hydrogen-bond acceptors (Lipinski definition) is 4. The van der Waals surface area contributed by atoms with Gasteiger partial charge in [-0.1, -0.05) is 38.0 Å². The summed E-state index contributed by atoms with van der Waals surface area (Å²) >= 11 is 0. The smallest absolute Gasteiger partial charge is 0.246 e. The van der Waals surface area contributed by atoms with E-state index < -0.39 is 0 Å². The van der Waals surface area contributed by atoms with Crippen molar-refractivity contribution in [2.75, 3.05) is 27.3 Å². The van der Waals surface area contributed by atoms with Gasteiger partial charge in [0.25, 0.3) is 0 Å². The molecule has 1 N–H and O–H groups in total. The summed E-state index contributed by atoms with van der Waals surface area (Å²) in [5.41, 5.74) is 1.96. The summed E-state index contributed by atoms with van der Waals surface area (Å²) in [6.07, 6.45) is 7.37. The number of unbranched alkanes of at least 4 members (excludes halogenated alkanes) is 2. The normalized spacial score (nSPS) is 10.9. The van der Waals surface area contributed by atoms with Crippen LogP contribution in [0, 0.1) is 0 Å². The van der Waals surface area contributed by atoms with E-state index in [4.69, 9.17) is 9.47 Å². The quantitative estimate of drug-likeness (QED) is 0.442. The lowest BCUT2D eigenvalue weighted by molar-refractivity contribution is -0.124. The summed E-state index contributed by atoms with van der Waals surface area (Å²) in [4.78, 5) is 14.1. The minimum absolute atomic E-state index is 0.0648. The van der Waals surface area contributed by atoms with Crippen LogP contribution in [-0.4, -0.2) is 43.2 Å². The van der Waals surface area contributed by atoms with Gasteiger partial charge in [0, 0.05) is 19.7 Å². The van der Waals surface area contributed by atoms with Crippen molar-refractivity contribution in [1.29, 1.82) is 0 Å². The second-order valence-electron chi connectivity index (χ2n) is 6.98. The molecule has 0 aliphatic heterocycles. The number of nitrogens with zero attached hydrogens (tertiary/aromatic N) is 1. The fourth-order valence-electron chi connectivity index (χ4n) is 2.81. The van der Waals surface area contributed by atoms with Gasteiger partial charge in [-0.15, -0.1) is 0 Å². The molecule has 0 aliphatic rings. The molecule has 0 aliphatic carbocycles. The maximum absolute atomic E-state index is 12.4. The van der Waals surface area contributed by atoms with E-state index in [0.717, 1.165) is 36.8 Å². The molecule has 0 bridgehead atoms. The average Bonchev–Trinajstić information content (AvgIpc) is 2.74. The molecule has 0 spiro atoms. The monoisotopic (exact) mass is 397 g/mol. The standard InChI is InChI=1S/C24H31NO4/c1-4-5-6-17-29-23-18-20(9-13-22(23)28-3)10-14-24(27)25(2)16-15-19-7-11-21(26)12-8-19/h7-14,18,26H,4-6,15-17H2,1-3H3/b14-10+. The molecule has 29 heavy (non-hydrogen) atoms. The third-order valence-corrected chi connectivity index (χ3v) is 4.66. The van der Waals surface area contributed by atoms with Crippen LogP contribution in [0.1, 0.15) is 37.3 Å². The molecule has 2 rings (SSSR count). The first-order valence-corrected chi connectivity index (χ1v) is 10.1. The topological polar surface area (TPSA) is 59.0 Å². The fraction of sp³-hybridized carbons (Fsp3) is 0.375. The summed E-state index contributed by atoms with van der Waals surface area (Å²) in [5.74, 6) is 1.56. The van der Waals surface area contributed by atoms with Gasteiger partial charge in [0.15, 0.2) is 11.5 Å². The molecule has 2 aromatic carbocycles. The highest BCUT2D eigenvalue weighted by Gasteiger charge is 2.07. The molecule has 0 saturated carbocycles. The average molecular weight is 398 g/mol. The Bertz CT molecular complexity index is 799. The van der Waals surface area contributed by atoms with Crippen LogP contribution in [0.15, 0.2) is 48.5 Å². The summed E-state index contributed by atoms with van der Waals surface area (Å²) < 4.78 is 11.2. The van der Waals surface area contributed by atoms with Crippen molar-refractivity contribution in [2.24, 2.45) is 0 Å². The van der Waals surface area contributed by atoms with Gasteiger partial charge >= 0.3 is 0 Å². The van der Waals surface area contributed by atoms with Gasteiger partial charge in [-0.25, -0.2) is 0 Å². The highest BCUT2D eigenvalue weighted by molar-refractivity contribution is 5.91. The number of carbonyl (C=O) groups excluding carboxylic acids is 1. The second-order valence-corrected chi connectivity index (χ2v) is 6.98. The molecule has 156 valence electrons. The maximum Gasteiger partial charge on any atom is 0.246 e. The number of rotatable bonds is 11. The van der Waals surface area contributed by atoms with Crippen molar-refractivity contribution in [1.82, 2.24) is 4.90 Å². The number of benzene rings is 2. The van der Waals surface area contributed by atoms with Crippen LogP contribution in [0.4, 0.5) is 0 Å². The molecule has 1 amide bonds. The third-order valence-electron chi connectivity index (χ3n) is 4.66. The van der Waals surface area contributed by atoms with E-state index in [1.54, 1.807) is 43.3 Å². The largest absolute Gasteiger partial charge is 0.508 e. The van der Waals surface area contributed by atoms with Crippen LogP contribution in [0.3, 0.4) is 0 Å². The van der Waals surface area contributed by atoms with E-state index in [9.17, 15) is 9.90 Å². The molecule has 2 aromatic rings. The molecule has 5 nitrogen and oxygen atoms in total. The SMILES string of the molecule is CCCCCOc1cc(/C=C/C(=O)N(C)CCc2ccc(O)cc2)ccc1OC. The van der Waals surface area contributed by atoms with Crippen LogP contribution in [-0.2, 0) is 11.2 Å². The van der Waals surface area contributed by atoms with Gasteiger partial charge in [-0.05, 0) is 54.3 Å².